The Kier molecular flexibility index (Phi) is 7.17. The topological polar surface area (TPSA) is 72.3 Å². The molecule has 1 amide bonds. The van der Waals surface area contributed by atoms with E-state index < -0.39 is 0 Å². The summed E-state index contributed by atoms with van der Waals surface area (Å²) in [7, 11) is 0. The number of anilines is 2. The van der Waals surface area contributed by atoms with Gasteiger partial charge in [-0.25, -0.2) is 0 Å². The van der Waals surface area contributed by atoms with Crippen molar-refractivity contribution < 1.29 is 9.53 Å². The standard InChI is InChI=1S/C26H28BrN5O2/c1-5-31(6-2)19-9-11-20(12-10-19)32-29-23-14-17(4)22(16-24(23)30-32)28-26(33)18-8-13-25(34-7-3)21(27)15-18/h8-16H,5-7H2,1-4H3,(H,28,33). The number of rotatable bonds is 8. The molecule has 0 radical (unpaired) electrons. The molecule has 7 nitrogen and oxygen atoms in total. The molecule has 34 heavy (non-hydrogen) atoms. The second-order valence-corrected chi connectivity index (χ2v) is 8.72. The predicted octanol–water partition coefficient (Wildman–Crippen LogP) is 5.99. The first kappa shape index (κ1) is 23.8. The van der Waals surface area contributed by atoms with Gasteiger partial charge in [-0.15, -0.1) is 10.2 Å². The van der Waals surface area contributed by atoms with Crippen LogP contribution in [-0.2, 0) is 0 Å². The minimum Gasteiger partial charge on any atom is -0.493 e. The quantitative estimate of drug-likeness (QED) is 0.308. The van der Waals surface area contributed by atoms with Crippen molar-refractivity contribution in [3.05, 3.63) is 70.2 Å². The van der Waals surface area contributed by atoms with Gasteiger partial charge in [0.15, 0.2) is 0 Å². The van der Waals surface area contributed by atoms with Crippen molar-refractivity contribution in [2.45, 2.75) is 27.7 Å². The zero-order valence-electron chi connectivity index (χ0n) is 19.8. The van der Waals surface area contributed by atoms with E-state index in [2.05, 4.69) is 62.3 Å². The lowest BCUT2D eigenvalue weighted by molar-refractivity contribution is 0.102. The molecule has 1 aromatic heterocycles. The molecule has 4 aromatic rings. The molecular weight excluding hydrogens is 494 g/mol. The molecular formula is C26H28BrN5O2. The maximum absolute atomic E-state index is 12.9. The van der Waals surface area contributed by atoms with Crippen molar-refractivity contribution in [3.63, 3.8) is 0 Å². The molecule has 0 aliphatic heterocycles. The zero-order valence-corrected chi connectivity index (χ0v) is 21.4. The number of carbonyl (C=O) groups is 1. The fraction of sp³-hybridized carbons (Fsp3) is 0.269. The van der Waals surface area contributed by atoms with E-state index in [-0.39, 0.29) is 5.91 Å². The maximum Gasteiger partial charge on any atom is 0.255 e. The summed E-state index contributed by atoms with van der Waals surface area (Å²) >= 11 is 3.47. The van der Waals surface area contributed by atoms with Crippen LogP contribution in [0.2, 0.25) is 0 Å². The number of aromatic nitrogens is 3. The third kappa shape index (κ3) is 4.92. The van der Waals surface area contributed by atoms with E-state index in [1.54, 1.807) is 23.0 Å². The van der Waals surface area contributed by atoms with Crippen LogP contribution >= 0.6 is 15.9 Å². The van der Waals surface area contributed by atoms with Crippen molar-refractivity contribution in [1.82, 2.24) is 15.0 Å². The minimum atomic E-state index is -0.203. The average molecular weight is 522 g/mol. The van der Waals surface area contributed by atoms with Gasteiger partial charge in [-0.1, -0.05) is 0 Å². The molecule has 0 unspecified atom stereocenters. The van der Waals surface area contributed by atoms with Crippen molar-refractivity contribution in [2.24, 2.45) is 0 Å². The Morgan fingerprint density at radius 1 is 1.00 bits per heavy atom. The molecule has 3 aromatic carbocycles. The molecule has 0 aliphatic carbocycles. The molecule has 0 saturated carbocycles. The zero-order chi connectivity index (χ0) is 24.2. The van der Waals surface area contributed by atoms with Crippen LogP contribution in [0, 0.1) is 6.92 Å². The average Bonchev–Trinajstić information content (AvgIpc) is 3.24. The molecule has 4 rings (SSSR count). The third-order valence-corrected chi connectivity index (χ3v) is 6.30. The number of nitrogens with zero attached hydrogens (tertiary/aromatic N) is 4. The molecule has 0 saturated heterocycles. The fourth-order valence-electron chi connectivity index (χ4n) is 3.81. The van der Waals surface area contributed by atoms with Gasteiger partial charge in [-0.3, -0.25) is 4.79 Å². The Labute approximate surface area is 207 Å². The summed E-state index contributed by atoms with van der Waals surface area (Å²) in [4.78, 5) is 16.8. The van der Waals surface area contributed by atoms with Crippen LogP contribution in [0.25, 0.3) is 16.7 Å². The lowest BCUT2D eigenvalue weighted by Crippen LogP contribution is -2.21. The largest absolute Gasteiger partial charge is 0.493 e. The number of ether oxygens (including phenoxy) is 1. The summed E-state index contributed by atoms with van der Waals surface area (Å²) in [6, 6.07) is 17.3. The van der Waals surface area contributed by atoms with E-state index in [4.69, 9.17) is 4.74 Å². The van der Waals surface area contributed by atoms with Crippen LogP contribution in [-0.4, -0.2) is 40.6 Å². The number of nitrogens with one attached hydrogen (secondary N) is 1. The number of fused-ring (bicyclic) bond motifs is 1. The summed E-state index contributed by atoms with van der Waals surface area (Å²) in [5, 5.41) is 12.3. The smallest absolute Gasteiger partial charge is 0.255 e. The molecule has 1 N–H and O–H groups in total. The van der Waals surface area contributed by atoms with Crippen LogP contribution in [0.3, 0.4) is 0 Å². The Morgan fingerprint density at radius 3 is 2.29 bits per heavy atom. The van der Waals surface area contributed by atoms with Gasteiger partial charge in [0.05, 0.1) is 16.8 Å². The monoisotopic (exact) mass is 521 g/mol. The minimum absolute atomic E-state index is 0.203. The Balaban J connectivity index is 1.57. The Morgan fingerprint density at radius 2 is 1.68 bits per heavy atom. The number of aryl methyl sites for hydroxylation is 1. The van der Waals surface area contributed by atoms with Crippen LogP contribution < -0.4 is 15.0 Å². The van der Waals surface area contributed by atoms with Gasteiger partial charge in [0.1, 0.15) is 16.8 Å². The number of benzene rings is 3. The molecule has 0 atom stereocenters. The highest BCUT2D eigenvalue weighted by Crippen LogP contribution is 2.27. The van der Waals surface area contributed by atoms with Crippen LogP contribution in [0.5, 0.6) is 5.75 Å². The van der Waals surface area contributed by atoms with E-state index in [0.717, 1.165) is 34.3 Å². The second-order valence-electron chi connectivity index (χ2n) is 7.87. The first-order chi connectivity index (χ1) is 16.4. The molecule has 0 bridgehead atoms. The summed E-state index contributed by atoms with van der Waals surface area (Å²) in [6.45, 7) is 10.6. The number of hydrogen-bond acceptors (Lipinski definition) is 5. The molecule has 176 valence electrons. The van der Waals surface area contributed by atoms with E-state index in [1.807, 2.05) is 38.1 Å². The molecule has 0 fully saturated rings. The van der Waals surface area contributed by atoms with Crippen LogP contribution in [0.15, 0.2) is 59.1 Å². The van der Waals surface area contributed by atoms with Crippen molar-refractivity contribution in [2.75, 3.05) is 29.9 Å². The lowest BCUT2D eigenvalue weighted by atomic mass is 10.1. The molecule has 0 spiro atoms. The summed E-state index contributed by atoms with van der Waals surface area (Å²) in [5.74, 6) is 0.504. The first-order valence-corrected chi connectivity index (χ1v) is 12.2. The summed E-state index contributed by atoms with van der Waals surface area (Å²) < 4.78 is 6.27. The predicted molar refractivity (Wildman–Crippen MR) is 140 cm³/mol. The van der Waals surface area contributed by atoms with Crippen LogP contribution in [0.1, 0.15) is 36.7 Å². The van der Waals surface area contributed by atoms with Crippen LogP contribution in [0.4, 0.5) is 11.4 Å². The second kappa shape index (κ2) is 10.3. The highest BCUT2D eigenvalue weighted by Gasteiger charge is 2.14. The highest BCUT2D eigenvalue weighted by molar-refractivity contribution is 9.10. The van der Waals surface area contributed by atoms with Crippen molar-refractivity contribution >= 4 is 44.2 Å². The van der Waals surface area contributed by atoms with E-state index in [1.165, 1.54) is 5.69 Å². The van der Waals surface area contributed by atoms with Crippen molar-refractivity contribution in [3.8, 4) is 11.4 Å². The first-order valence-electron chi connectivity index (χ1n) is 11.4. The Bertz CT molecular complexity index is 1310. The number of hydrogen-bond donors (Lipinski definition) is 1. The van der Waals surface area contributed by atoms with Crippen molar-refractivity contribution in [1.29, 1.82) is 0 Å². The van der Waals surface area contributed by atoms with Gasteiger partial charge in [0, 0.05) is 30.0 Å². The normalized spacial score (nSPS) is 11.0. The molecule has 0 aliphatic rings. The summed E-state index contributed by atoms with van der Waals surface area (Å²) in [6.07, 6.45) is 0. The van der Waals surface area contributed by atoms with E-state index in [9.17, 15) is 4.79 Å². The van der Waals surface area contributed by atoms with E-state index >= 15 is 0 Å². The van der Waals surface area contributed by atoms with E-state index in [0.29, 0.717) is 29.1 Å². The number of carbonyl (C=O) groups excluding carboxylic acids is 1. The summed E-state index contributed by atoms with van der Waals surface area (Å²) in [5.41, 5.74) is 5.68. The lowest BCUT2D eigenvalue weighted by Gasteiger charge is -2.20. The SMILES string of the molecule is CCOc1ccc(C(=O)Nc2cc3nn(-c4ccc(N(CC)CC)cc4)nc3cc2C)cc1Br. The molecule has 8 heteroatoms. The number of amides is 1. The van der Waals surface area contributed by atoms with Gasteiger partial charge >= 0.3 is 0 Å². The van der Waals surface area contributed by atoms with Gasteiger partial charge in [-0.05, 0) is 104 Å². The van der Waals surface area contributed by atoms with Gasteiger partial charge < -0.3 is 15.0 Å². The Hall–Kier alpha value is -3.39. The maximum atomic E-state index is 12.9. The fourth-order valence-corrected chi connectivity index (χ4v) is 4.31. The third-order valence-electron chi connectivity index (χ3n) is 5.68. The number of halogens is 1. The highest BCUT2D eigenvalue weighted by atomic mass is 79.9. The van der Waals surface area contributed by atoms with Gasteiger partial charge in [0.2, 0.25) is 0 Å². The van der Waals surface area contributed by atoms with Gasteiger partial charge in [0.25, 0.3) is 5.91 Å². The van der Waals surface area contributed by atoms with Gasteiger partial charge in [-0.2, -0.15) is 4.80 Å². The molecule has 1 heterocycles.